The standard InChI is InChI=1S/C24H30O11/c1-12-6-5-9-14(25)8-4-2-3-7-13-10-15(11-16(26)17(13)23(32)33-12)34-24-20(29)18(27)19(28)21(35-24)22(30)31/h3,7,10-12,18-21,24,26-29H,2,4-6,8-9H2,1H3,(H,30,31)/b7-3+/t12-,18-,19-,20-,21+,24+/m0/s1. The molecule has 6 atom stereocenters. The van der Waals surface area contributed by atoms with Crippen molar-refractivity contribution in [3.63, 3.8) is 0 Å². The zero-order valence-corrected chi connectivity index (χ0v) is 19.2. The third-order valence-electron chi connectivity index (χ3n) is 5.89. The maximum Gasteiger partial charge on any atom is 0.342 e. The van der Waals surface area contributed by atoms with Crippen LogP contribution in [-0.4, -0.2) is 80.1 Å². The molecule has 1 aromatic carbocycles. The number of benzene rings is 1. The first-order valence-corrected chi connectivity index (χ1v) is 11.4. The molecule has 11 heteroatoms. The summed E-state index contributed by atoms with van der Waals surface area (Å²) < 4.78 is 16.0. The van der Waals surface area contributed by atoms with Crippen LogP contribution in [0.25, 0.3) is 6.08 Å². The second-order valence-electron chi connectivity index (χ2n) is 8.70. The second-order valence-corrected chi connectivity index (χ2v) is 8.70. The fourth-order valence-corrected chi connectivity index (χ4v) is 3.97. The van der Waals surface area contributed by atoms with Crippen LogP contribution in [0.4, 0.5) is 0 Å². The lowest BCUT2D eigenvalue weighted by Crippen LogP contribution is -2.61. The third kappa shape index (κ3) is 6.57. The summed E-state index contributed by atoms with van der Waals surface area (Å²) in [6.45, 7) is 1.69. The van der Waals surface area contributed by atoms with Crippen LogP contribution in [-0.2, 0) is 19.1 Å². The molecule has 1 fully saturated rings. The summed E-state index contributed by atoms with van der Waals surface area (Å²) in [7, 11) is 0. The number of aromatic hydroxyl groups is 1. The number of rotatable bonds is 3. The minimum atomic E-state index is -1.88. The van der Waals surface area contributed by atoms with Crippen molar-refractivity contribution in [2.75, 3.05) is 0 Å². The third-order valence-corrected chi connectivity index (χ3v) is 5.89. The highest BCUT2D eigenvalue weighted by Gasteiger charge is 2.48. The number of allylic oxidation sites excluding steroid dienone is 1. The van der Waals surface area contributed by atoms with Crippen LogP contribution in [0.5, 0.6) is 11.5 Å². The average molecular weight is 494 g/mol. The molecule has 0 unspecified atom stereocenters. The quantitative estimate of drug-likeness (QED) is 0.380. The average Bonchev–Trinajstić information content (AvgIpc) is 2.78. The number of ether oxygens (including phenoxy) is 3. The molecule has 0 amide bonds. The maximum absolute atomic E-state index is 12.8. The van der Waals surface area contributed by atoms with E-state index in [-0.39, 0.29) is 22.7 Å². The summed E-state index contributed by atoms with van der Waals surface area (Å²) in [6, 6.07) is 2.43. The number of hydrogen-bond donors (Lipinski definition) is 5. The lowest BCUT2D eigenvalue weighted by Gasteiger charge is -2.38. The number of fused-ring (bicyclic) bond motifs is 1. The van der Waals surface area contributed by atoms with Crippen LogP contribution >= 0.6 is 0 Å². The van der Waals surface area contributed by atoms with Crippen LogP contribution in [0, 0.1) is 0 Å². The van der Waals surface area contributed by atoms with Gasteiger partial charge in [-0.05, 0) is 44.2 Å². The van der Waals surface area contributed by atoms with Crippen molar-refractivity contribution >= 4 is 23.8 Å². The normalized spacial score (nSPS) is 31.5. The number of phenols is 1. The fourth-order valence-electron chi connectivity index (χ4n) is 3.97. The van der Waals surface area contributed by atoms with Gasteiger partial charge in [-0.2, -0.15) is 0 Å². The summed E-state index contributed by atoms with van der Waals surface area (Å²) in [6.07, 6.45) is -3.23. The molecule has 2 aliphatic heterocycles. The van der Waals surface area contributed by atoms with Crippen molar-refractivity contribution in [1.82, 2.24) is 0 Å². The predicted molar refractivity (Wildman–Crippen MR) is 120 cm³/mol. The van der Waals surface area contributed by atoms with E-state index in [0.717, 1.165) is 6.07 Å². The summed E-state index contributed by atoms with van der Waals surface area (Å²) in [4.78, 5) is 36.1. The van der Waals surface area contributed by atoms with Gasteiger partial charge in [0, 0.05) is 18.9 Å². The van der Waals surface area contributed by atoms with Crippen LogP contribution < -0.4 is 4.74 Å². The number of cyclic esters (lactones) is 1. The molecular weight excluding hydrogens is 464 g/mol. The van der Waals surface area contributed by atoms with E-state index in [1.165, 1.54) is 6.07 Å². The topological polar surface area (TPSA) is 180 Å². The van der Waals surface area contributed by atoms with Gasteiger partial charge in [0.1, 0.15) is 41.2 Å². The van der Waals surface area contributed by atoms with E-state index >= 15 is 0 Å². The van der Waals surface area contributed by atoms with Gasteiger partial charge < -0.3 is 39.7 Å². The van der Waals surface area contributed by atoms with Gasteiger partial charge in [-0.15, -0.1) is 0 Å². The highest BCUT2D eigenvalue weighted by Crippen LogP contribution is 2.33. The summed E-state index contributed by atoms with van der Waals surface area (Å²) in [5.41, 5.74) is 0.110. The Hall–Kier alpha value is -2.99. The molecule has 0 aromatic heterocycles. The number of phenolic OH excluding ortho intramolecular Hbond substituents is 1. The number of carboxylic acids is 1. The molecule has 0 radical (unpaired) electrons. The molecule has 0 saturated carbocycles. The van der Waals surface area contributed by atoms with E-state index in [4.69, 9.17) is 14.2 Å². The van der Waals surface area contributed by atoms with E-state index in [1.807, 2.05) is 0 Å². The van der Waals surface area contributed by atoms with E-state index < -0.39 is 54.5 Å². The zero-order chi connectivity index (χ0) is 25.7. The molecule has 192 valence electrons. The van der Waals surface area contributed by atoms with Gasteiger partial charge in [0.2, 0.25) is 6.29 Å². The number of ketones is 1. The Morgan fingerprint density at radius 2 is 1.77 bits per heavy atom. The smallest absolute Gasteiger partial charge is 0.342 e. The number of carbonyl (C=O) groups excluding carboxylic acids is 2. The van der Waals surface area contributed by atoms with Gasteiger partial charge in [-0.25, -0.2) is 9.59 Å². The van der Waals surface area contributed by atoms with Gasteiger partial charge >= 0.3 is 11.9 Å². The number of Topliss-reactive ketones (excluding diaryl/α,β-unsaturated/α-hetero) is 1. The van der Waals surface area contributed by atoms with Gasteiger partial charge in [-0.1, -0.05) is 12.2 Å². The molecular formula is C24H30O11. The summed E-state index contributed by atoms with van der Waals surface area (Å²) >= 11 is 0. The van der Waals surface area contributed by atoms with Crippen LogP contribution in [0.2, 0.25) is 0 Å². The number of aliphatic hydroxyl groups is 3. The maximum atomic E-state index is 12.8. The highest BCUT2D eigenvalue weighted by molar-refractivity contribution is 5.97. The Balaban J connectivity index is 1.90. The van der Waals surface area contributed by atoms with Gasteiger partial charge in [0.15, 0.2) is 6.10 Å². The van der Waals surface area contributed by atoms with Crippen LogP contribution in [0.1, 0.15) is 61.4 Å². The minimum Gasteiger partial charge on any atom is -0.507 e. The monoisotopic (exact) mass is 494 g/mol. The van der Waals surface area contributed by atoms with E-state index in [9.17, 15) is 39.9 Å². The Kier molecular flexibility index (Phi) is 8.84. The molecule has 0 bridgehead atoms. The molecule has 11 nitrogen and oxygen atoms in total. The zero-order valence-electron chi connectivity index (χ0n) is 19.2. The number of aliphatic carboxylic acids is 1. The van der Waals surface area contributed by atoms with Gasteiger partial charge in [-0.3, -0.25) is 4.79 Å². The van der Waals surface area contributed by atoms with Crippen molar-refractivity contribution in [2.45, 2.75) is 82.3 Å². The molecule has 35 heavy (non-hydrogen) atoms. The first kappa shape index (κ1) is 26.6. The molecule has 0 aliphatic carbocycles. The SMILES string of the molecule is C[C@H]1CCCC(=O)CCC/C=C/c2cc(O[C@@H]3O[C@@H](C(=O)O)[C@@H](O)[C@H](O)[C@@H]3O)cc(O)c2C(=O)O1. The summed E-state index contributed by atoms with van der Waals surface area (Å²) in [5, 5.41) is 49.8. The molecule has 1 saturated heterocycles. The number of aliphatic hydroxyl groups excluding tert-OH is 3. The van der Waals surface area contributed by atoms with Crippen molar-refractivity contribution in [1.29, 1.82) is 0 Å². The Morgan fingerprint density at radius 3 is 2.49 bits per heavy atom. The molecule has 5 N–H and O–H groups in total. The van der Waals surface area contributed by atoms with Gasteiger partial charge in [0.05, 0.1) is 6.10 Å². The molecule has 3 rings (SSSR count). The van der Waals surface area contributed by atoms with E-state index in [2.05, 4.69) is 0 Å². The predicted octanol–water partition coefficient (Wildman–Crippen LogP) is 1.14. The lowest BCUT2D eigenvalue weighted by molar-refractivity contribution is -0.271. The first-order valence-electron chi connectivity index (χ1n) is 11.4. The van der Waals surface area contributed by atoms with Gasteiger partial charge in [0.25, 0.3) is 0 Å². The Morgan fingerprint density at radius 1 is 1.06 bits per heavy atom. The molecule has 2 aliphatic rings. The fraction of sp³-hybridized carbons (Fsp3) is 0.542. The molecule has 2 heterocycles. The number of hydrogen-bond acceptors (Lipinski definition) is 10. The second kappa shape index (κ2) is 11.6. The van der Waals surface area contributed by atoms with Crippen LogP contribution in [0.3, 0.4) is 0 Å². The minimum absolute atomic E-state index is 0.0974. The van der Waals surface area contributed by atoms with Crippen molar-refractivity contribution in [2.24, 2.45) is 0 Å². The van der Waals surface area contributed by atoms with Crippen LogP contribution in [0.15, 0.2) is 18.2 Å². The van der Waals surface area contributed by atoms with Crippen molar-refractivity contribution in [3.8, 4) is 11.5 Å². The molecule has 1 aromatic rings. The Labute approximate surface area is 201 Å². The number of carboxylic acid groups (broad SMARTS) is 1. The number of carbonyl (C=O) groups is 3. The van der Waals surface area contributed by atoms with Crippen molar-refractivity contribution in [3.05, 3.63) is 29.3 Å². The largest absolute Gasteiger partial charge is 0.507 e. The number of esters is 1. The molecule has 0 spiro atoms. The summed E-state index contributed by atoms with van der Waals surface area (Å²) in [5.74, 6) is -2.78. The van der Waals surface area contributed by atoms with Crippen molar-refractivity contribution < 1.29 is 54.1 Å². The lowest BCUT2D eigenvalue weighted by atomic mass is 9.99. The Bertz CT molecular complexity index is 972. The first-order chi connectivity index (χ1) is 16.6. The highest BCUT2D eigenvalue weighted by atomic mass is 16.7. The van der Waals surface area contributed by atoms with E-state index in [0.29, 0.717) is 38.5 Å². The van der Waals surface area contributed by atoms with E-state index in [1.54, 1.807) is 19.1 Å².